The van der Waals surface area contributed by atoms with Gasteiger partial charge in [-0.15, -0.1) is 0 Å². The van der Waals surface area contributed by atoms with Crippen LogP contribution in [-0.2, 0) is 7.05 Å². The molecule has 0 atom stereocenters. The van der Waals surface area contributed by atoms with Crippen LogP contribution in [0.25, 0.3) is 27.5 Å². The van der Waals surface area contributed by atoms with Crippen molar-refractivity contribution in [2.75, 3.05) is 7.11 Å². The molecule has 0 radical (unpaired) electrons. The van der Waals surface area contributed by atoms with E-state index < -0.39 is 0 Å². The topological polar surface area (TPSA) is 35.6 Å². The number of aryl methyl sites for hydroxylation is 1. The third-order valence-electron chi connectivity index (χ3n) is 4.01. The van der Waals surface area contributed by atoms with Gasteiger partial charge in [0.2, 0.25) is 0 Å². The van der Waals surface area contributed by atoms with Gasteiger partial charge in [0.05, 0.1) is 23.5 Å². The lowest BCUT2D eigenvalue weighted by atomic mass is 10.2. The minimum absolute atomic E-state index is 0.0212. The lowest BCUT2D eigenvalue weighted by Crippen LogP contribution is -2.19. The summed E-state index contributed by atoms with van der Waals surface area (Å²) in [6.07, 6.45) is 0. The molecule has 0 saturated heterocycles. The Morgan fingerprint density at radius 2 is 1.81 bits per heavy atom. The van der Waals surface area contributed by atoms with Crippen molar-refractivity contribution >= 4 is 27.5 Å². The van der Waals surface area contributed by atoms with Gasteiger partial charge in [-0.2, -0.15) is 0 Å². The molecule has 0 aliphatic rings. The maximum Gasteiger partial charge on any atom is 0.261 e. The normalized spacial score (nSPS) is 11.5. The first-order valence-electron chi connectivity index (χ1n) is 6.77. The second-order valence-corrected chi connectivity index (χ2v) is 5.14. The molecular formula is C17H14N2O2. The van der Waals surface area contributed by atoms with E-state index in [1.54, 1.807) is 18.7 Å². The van der Waals surface area contributed by atoms with Gasteiger partial charge in [-0.05, 0) is 36.4 Å². The van der Waals surface area contributed by atoms with Crippen LogP contribution in [0, 0.1) is 0 Å². The van der Waals surface area contributed by atoms with Crippen molar-refractivity contribution in [2.45, 2.75) is 0 Å². The van der Waals surface area contributed by atoms with E-state index in [-0.39, 0.29) is 5.56 Å². The maximum atomic E-state index is 12.5. The van der Waals surface area contributed by atoms with Crippen LogP contribution in [0.15, 0.2) is 53.3 Å². The Morgan fingerprint density at radius 1 is 1.00 bits per heavy atom. The van der Waals surface area contributed by atoms with Crippen LogP contribution >= 0.6 is 0 Å². The van der Waals surface area contributed by atoms with Crippen molar-refractivity contribution in [3.05, 3.63) is 58.9 Å². The van der Waals surface area contributed by atoms with Gasteiger partial charge >= 0.3 is 0 Å². The number of nitrogens with zero attached hydrogens (tertiary/aromatic N) is 2. The average Bonchev–Trinajstić information content (AvgIpc) is 2.91. The standard InChI is InChI=1S/C17H14N2O2/c1-18-16-10-11-9-12(21-2)7-8-14(11)19(16)15-6-4-3-5-13(15)17(18)20/h3-10H,1-2H3. The summed E-state index contributed by atoms with van der Waals surface area (Å²) in [5.41, 5.74) is 2.89. The molecule has 0 aliphatic carbocycles. The Labute approximate surface area is 120 Å². The zero-order valence-corrected chi connectivity index (χ0v) is 11.8. The van der Waals surface area contributed by atoms with Crippen LogP contribution in [0.1, 0.15) is 0 Å². The minimum Gasteiger partial charge on any atom is -0.497 e. The van der Waals surface area contributed by atoms with Crippen LogP contribution < -0.4 is 10.3 Å². The summed E-state index contributed by atoms with van der Waals surface area (Å²) in [4.78, 5) is 12.5. The highest BCUT2D eigenvalue weighted by atomic mass is 16.5. The Hall–Kier alpha value is -2.75. The van der Waals surface area contributed by atoms with E-state index in [0.29, 0.717) is 0 Å². The highest BCUT2D eigenvalue weighted by Gasteiger charge is 2.12. The van der Waals surface area contributed by atoms with E-state index in [1.165, 1.54) is 0 Å². The molecule has 0 unspecified atom stereocenters. The lowest BCUT2D eigenvalue weighted by molar-refractivity contribution is 0.415. The van der Waals surface area contributed by atoms with Crippen molar-refractivity contribution in [3.8, 4) is 5.75 Å². The molecule has 104 valence electrons. The molecule has 2 heterocycles. The summed E-state index contributed by atoms with van der Waals surface area (Å²) >= 11 is 0. The van der Waals surface area contributed by atoms with Gasteiger partial charge < -0.3 is 4.74 Å². The number of fused-ring (bicyclic) bond motifs is 5. The third-order valence-corrected chi connectivity index (χ3v) is 4.01. The van der Waals surface area contributed by atoms with Gasteiger partial charge in [0.1, 0.15) is 11.4 Å². The number of methoxy groups -OCH3 is 1. The van der Waals surface area contributed by atoms with Gasteiger partial charge in [0, 0.05) is 12.4 Å². The second kappa shape index (κ2) is 4.12. The predicted octanol–water partition coefficient (Wildman–Crippen LogP) is 2.95. The van der Waals surface area contributed by atoms with Crippen LogP contribution in [-0.4, -0.2) is 16.1 Å². The number of hydrogen-bond donors (Lipinski definition) is 0. The van der Waals surface area contributed by atoms with Gasteiger partial charge in [0.15, 0.2) is 0 Å². The zero-order chi connectivity index (χ0) is 14.6. The highest BCUT2D eigenvalue weighted by molar-refractivity contribution is 5.93. The lowest BCUT2D eigenvalue weighted by Gasteiger charge is -2.08. The van der Waals surface area contributed by atoms with Crippen molar-refractivity contribution in [2.24, 2.45) is 7.05 Å². The van der Waals surface area contributed by atoms with E-state index in [2.05, 4.69) is 4.40 Å². The van der Waals surface area contributed by atoms with E-state index in [9.17, 15) is 4.79 Å². The molecule has 21 heavy (non-hydrogen) atoms. The van der Waals surface area contributed by atoms with Gasteiger partial charge in [0.25, 0.3) is 5.56 Å². The second-order valence-electron chi connectivity index (χ2n) is 5.14. The SMILES string of the molecule is COc1ccc2c(c1)cc1n(C)c(=O)c3ccccc3n21. The molecule has 4 nitrogen and oxygen atoms in total. The Morgan fingerprint density at radius 3 is 2.62 bits per heavy atom. The largest absolute Gasteiger partial charge is 0.497 e. The molecule has 2 aromatic carbocycles. The first-order chi connectivity index (χ1) is 10.2. The number of para-hydroxylation sites is 1. The summed E-state index contributed by atoms with van der Waals surface area (Å²) < 4.78 is 9.09. The molecule has 0 fully saturated rings. The summed E-state index contributed by atoms with van der Waals surface area (Å²) in [6.45, 7) is 0. The van der Waals surface area contributed by atoms with E-state index >= 15 is 0 Å². The summed E-state index contributed by atoms with van der Waals surface area (Å²) in [5, 5.41) is 1.78. The number of benzene rings is 2. The first kappa shape index (κ1) is 12.0. The molecule has 2 aromatic heterocycles. The smallest absolute Gasteiger partial charge is 0.261 e. The zero-order valence-electron chi connectivity index (χ0n) is 11.8. The van der Waals surface area contributed by atoms with Crippen molar-refractivity contribution in [1.82, 2.24) is 8.97 Å². The average molecular weight is 278 g/mol. The predicted molar refractivity (Wildman–Crippen MR) is 84.2 cm³/mol. The van der Waals surface area contributed by atoms with Crippen molar-refractivity contribution in [1.29, 1.82) is 0 Å². The Balaban J connectivity index is 2.33. The number of rotatable bonds is 1. The van der Waals surface area contributed by atoms with Crippen LogP contribution in [0.5, 0.6) is 5.75 Å². The van der Waals surface area contributed by atoms with Gasteiger partial charge in [-0.25, -0.2) is 0 Å². The molecule has 4 rings (SSSR count). The molecule has 0 saturated carbocycles. The summed E-state index contributed by atoms with van der Waals surface area (Å²) in [7, 11) is 3.46. The molecule has 4 aromatic rings. The van der Waals surface area contributed by atoms with Crippen LogP contribution in [0.3, 0.4) is 0 Å². The first-order valence-corrected chi connectivity index (χ1v) is 6.77. The van der Waals surface area contributed by atoms with E-state index in [0.717, 1.165) is 33.2 Å². The molecule has 4 heteroatoms. The fourth-order valence-corrected chi connectivity index (χ4v) is 2.94. The van der Waals surface area contributed by atoms with Crippen molar-refractivity contribution < 1.29 is 4.74 Å². The highest BCUT2D eigenvalue weighted by Crippen LogP contribution is 2.26. The van der Waals surface area contributed by atoms with E-state index in [1.807, 2.05) is 48.5 Å². The van der Waals surface area contributed by atoms with Crippen LogP contribution in [0.4, 0.5) is 0 Å². The Bertz CT molecular complexity index is 1060. The summed E-state index contributed by atoms with van der Waals surface area (Å²) in [6, 6.07) is 15.7. The molecule has 0 N–H and O–H groups in total. The molecular weight excluding hydrogens is 264 g/mol. The van der Waals surface area contributed by atoms with Crippen LogP contribution in [0.2, 0.25) is 0 Å². The molecule has 0 bridgehead atoms. The van der Waals surface area contributed by atoms with Gasteiger partial charge in [-0.1, -0.05) is 12.1 Å². The number of hydrogen-bond acceptors (Lipinski definition) is 2. The Kier molecular flexibility index (Phi) is 2.36. The minimum atomic E-state index is 0.0212. The fraction of sp³-hybridized carbons (Fsp3) is 0.118. The monoisotopic (exact) mass is 278 g/mol. The molecule has 0 spiro atoms. The molecule has 0 amide bonds. The fourth-order valence-electron chi connectivity index (χ4n) is 2.94. The van der Waals surface area contributed by atoms with Crippen molar-refractivity contribution in [3.63, 3.8) is 0 Å². The summed E-state index contributed by atoms with van der Waals surface area (Å²) in [5.74, 6) is 0.813. The van der Waals surface area contributed by atoms with Gasteiger partial charge in [-0.3, -0.25) is 13.8 Å². The quantitative estimate of drug-likeness (QED) is 0.536. The van der Waals surface area contributed by atoms with E-state index in [4.69, 9.17) is 4.74 Å². The number of aromatic nitrogens is 2. The number of ether oxygens (including phenoxy) is 1. The maximum absolute atomic E-state index is 12.5. The third kappa shape index (κ3) is 1.53. The molecule has 0 aliphatic heterocycles.